The fourth-order valence-corrected chi connectivity index (χ4v) is 2.20. The molecule has 4 heteroatoms. The number of nitrogens with one attached hydrogen (secondary N) is 1. The number of hydrogen-bond donors (Lipinski definition) is 1. The minimum absolute atomic E-state index is 0.597. The summed E-state index contributed by atoms with van der Waals surface area (Å²) in [7, 11) is 1.88. The highest BCUT2D eigenvalue weighted by Crippen LogP contribution is 2.20. The second-order valence-corrected chi connectivity index (χ2v) is 4.77. The Kier molecular flexibility index (Phi) is 3.77. The third-order valence-corrected chi connectivity index (χ3v) is 3.61. The number of anilines is 1. The average Bonchev–Trinajstić information content (AvgIpc) is 2.72. The number of benzene rings is 1. The molecular formula is C16H16N4. The summed E-state index contributed by atoms with van der Waals surface area (Å²) in [5.41, 5.74) is 5.22. The normalized spacial score (nSPS) is 9.85. The Hall–Kier alpha value is -2.72. The van der Waals surface area contributed by atoms with Gasteiger partial charge in [-0.15, -0.1) is 0 Å². The van der Waals surface area contributed by atoms with Crippen LogP contribution in [0.4, 0.5) is 5.69 Å². The van der Waals surface area contributed by atoms with Gasteiger partial charge < -0.3 is 9.88 Å². The molecule has 0 aliphatic carbocycles. The molecule has 0 saturated carbocycles. The molecule has 0 aliphatic heterocycles. The van der Waals surface area contributed by atoms with Gasteiger partial charge in [0.05, 0.1) is 11.3 Å². The fraction of sp³-hybridized carbons (Fsp3) is 0.250. The summed E-state index contributed by atoms with van der Waals surface area (Å²) in [6.07, 6.45) is 0. The van der Waals surface area contributed by atoms with Crippen LogP contribution in [0.2, 0.25) is 0 Å². The second-order valence-electron chi connectivity index (χ2n) is 4.77. The van der Waals surface area contributed by atoms with Gasteiger partial charge >= 0.3 is 0 Å². The standard InChI is InChI=1S/C16H16N4/c1-11-5-4-6-16(15(11)9-18)19-10-13-7-14(8-17)20(3)12(13)2/h4-7,19H,10H2,1-3H3. The van der Waals surface area contributed by atoms with Gasteiger partial charge in [0.25, 0.3) is 0 Å². The maximum Gasteiger partial charge on any atom is 0.120 e. The zero-order valence-corrected chi connectivity index (χ0v) is 11.9. The molecule has 0 spiro atoms. The minimum Gasteiger partial charge on any atom is -0.380 e. The summed E-state index contributed by atoms with van der Waals surface area (Å²) in [4.78, 5) is 0. The number of hydrogen-bond acceptors (Lipinski definition) is 3. The molecule has 2 rings (SSSR count). The van der Waals surface area contributed by atoms with Gasteiger partial charge in [-0.05, 0) is 37.1 Å². The SMILES string of the molecule is Cc1cccc(NCc2cc(C#N)n(C)c2C)c1C#N. The minimum atomic E-state index is 0.597. The summed E-state index contributed by atoms with van der Waals surface area (Å²) >= 11 is 0. The van der Waals surface area contributed by atoms with Gasteiger partial charge in [-0.25, -0.2) is 0 Å². The van der Waals surface area contributed by atoms with Crippen LogP contribution in [0.15, 0.2) is 24.3 Å². The number of nitrogens with zero attached hydrogens (tertiary/aromatic N) is 3. The largest absolute Gasteiger partial charge is 0.380 e. The van der Waals surface area contributed by atoms with E-state index in [1.165, 1.54) is 0 Å². The lowest BCUT2D eigenvalue weighted by atomic mass is 10.1. The molecule has 1 aromatic heterocycles. The van der Waals surface area contributed by atoms with E-state index in [0.29, 0.717) is 17.8 Å². The second kappa shape index (κ2) is 5.50. The zero-order chi connectivity index (χ0) is 14.7. The van der Waals surface area contributed by atoms with Crippen molar-refractivity contribution in [2.45, 2.75) is 20.4 Å². The van der Waals surface area contributed by atoms with Gasteiger partial charge in [0, 0.05) is 19.3 Å². The number of aryl methyl sites for hydroxylation is 1. The van der Waals surface area contributed by atoms with Crippen molar-refractivity contribution in [2.75, 3.05) is 5.32 Å². The van der Waals surface area contributed by atoms with E-state index in [4.69, 9.17) is 5.26 Å². The van der Waals surface area contributed by atoms with Crippen molar-refractivity contribution in [2.24, 2.45) is 7.05 Å². The first kappa shape index (κ1) is 13.7. The highest BCUT2D eigenvalue weighted by Gasteiger charge is 2.10. The van der Waals surface area contributed by atoms with Crippen LogP contribution in [-0.2, 0) is 13.6 Å². The molecule has 0 saturated heterocycles. The van der Waals surface area contributed by atoms with E-state index in [0.717, 1.165) is 22.5 Å². The van der Waals surface area contributed by atoms with Crippen LogP contribution < -0.4 is 5.32 Å². The molecule has 0 atom stereocenters. The Bertz CT molecular complexity index is 726. The third kappa shape index (κ3) is 2.37. The molecule has 0 bridgehead atoms. The quantitative estimate of drug-likeness (QED) is 0.926. The van der Waals surface area contributed by atoms with Gasteiger partial charge in [-0.1, -0.05) is 12.1 Å². The molecule has 0 fully saturated rings. The highest BCUT2D eigenvalue weighted by molar-refractivity contribution is 5.60. The Morgan fingerprint density at radius 2 is 1.95 bits per heavy atom. The van der Waals surface area contributed by atoms with Crippen molar-refractivity contribution < 1.29 is 0 Å². The molecule has 1 N–H and O–H groups in total. The Balaban J connectivity index is 2.25. The molecule has 0 amide bonds. The lowest BCUT2D eigenvalue weighted by molar-refractivity contribution is 0.856. The van der Waals surface area contributed by atoms with E-state index < -0.39 is 0 Å². The van der Waals surface area contributed by atoms with E-state index in [1.54, 1.807) is 0 Å². The van der Waals surface area contributed by atoms with Crippen molar-refractivity contribution in [3.63, 3.8) is 0 Å². The van der Waals surface area contributed by atoms with Crippen LogP contribution in [0.25, 0.3) is 0 Å². The highest BCUT2D eigenvalue weighted by atomic mass is 15.0. The van der Waals surface area contributed by atoms with Crippen LogP contribution in [0.5, 0.6) is 0 Å². The van der Waals surface area contributed by atoms with Crippen LogP contribution in [0.1, 0.15) is 28.1 Å². The summed E-state index contributed by atoms with van der Waals surface area (Å²) in [5, 5.41) is 21.5. The van der Waals surface area contributed by atoms with Crippen molar-refractivity contribution in [1.29, 1.82) is 10.5 Å². The number of aromatic nitrogens is 1. The topological polar surface area (TPSA) is 64.5 Å². The predicted molar refractivity (Wildman–Crippen MR) is 78.1 cm³/mol. The first-order valence-electron chi connectivity index (χ1n) is 6.37. The maximum atomic E-state index is 9.20. The van der Waals surface area contributed by atoms with E-state index in [-0.39, 0.29) is 0 Å². The summed E-state index contributed by atoms with van der Waals surface area (Å²) < 4.78 is 1.87. The molecule has 0 radical (unpaired) electrons. The molecule has 20 heavy (non-hydrogen) atoms. The smallest absolute Gasteiger partial charge is 0.120 e. The summed E-state index contributed by atoms with van der Waals surface area (Å²) in [5.74, 6) is 0. The number of rotatable bonds is 3. The number of nitriles is 2. The van der Waals surface area contributed by atoms with Crippen molar-refractivity contribution in [3.8, 4) is 12.1 Å². The van der Waals surface area contributed by atoms with E-state index in [9.17, 15) is 5.26 Å². The maximum absolute atomic E-state index is 9.20. The molecule has 1 heterocycles. The fourth-order valence-electron chi connectivity index (χ4n) is 2.20. The van der Waals surface area contributed by atoms with E-state index in [1.807, 2.05) is 49.7 Å². The Labute approximate surface area is 118 Å². The van der Waals surface area contributed by atoms with Gasteiger partial charge in [0.1, 0.15) is 17.8 Å². The molecule has 4 nitrogen and oxygen atoms in total. The first-order valence-corrected chi connectivity index (χ1v) is 6.37. The average molecular weight is 264 g/mol. The van der Waals surface area contributed by atoms with E-state index >= 15 is 0 Å². The van der Waals surface area contributed by atoms with Gasteiger partial charge in [-0.3, -0.25) is 0 Å². The zero-order valence-electron chi connectivity index (χ0n) is 11.9. The van der Waals surface area contributed by atoms with Gasteiger partial charge in [0.2, 0.25) is 0 Å². The molecule has 1 aromatic carbocycles. The Morgan fingerprint density at radius 3 is 2.55 bits per heavy atom. The van der Waals surface area contributed by atoms with Crippen LogP contribution in [-0.4, -0.2) is 4.57 Å². The summed E-state index contributed by atoms with van der Waals surface area (Å²) in [6, 6.07) is 12.0. The third-order valence-electron chi connectivity index (χ3n) is 3.61. The van der Waals surface area contributed by atoms with Gasteiger partial charge in [0.15, 0.2) is 0 Å². The predicted octanol–water partition coefficient (Wildman–Crippen LogP) is 3.00. The molecule has 0 aliphatic rings. The van der Waals surface area contributed by atoms with Crippen LogP contribution in [0, 0.1) is 36.5 Å². The van der Waals surface area contributed by atoms with Crippen molar-refractivity contribution >= 4 is 5.69 Å². The summed E-state index contributed by atoms with van der Waals surface area (Å²) in [6.45, 7) is 4.50. The van der Waals surface area contributed by atoms with Crippen molar-refractivity contribution in [1.82, 2.24) is 4.57 Å². The monoisotopic (exact) mass is 264 g/mol. The van der Waals surface area contributed by atoms with Crippen LogP contribution >= 0.6 is 0 Å². The molecule has 100 valence electrons. The molecular weight excluding hydrogens is 248 g/mol. The lowest BCUT2D eigenvalue weighted by Crippen LogP contribution is -2.03. The van der Waals surface area contributed by atoms with E-state index in [2.05, 4.69) is 17.5 Å². The molecule has 2 aromatic rings. The Morgan fingerprint density at radius 1 is 1.20 bits per heavy atom. The van der Waals surface area contributed by atoms with Gasteiger partial charge in [-0.2, -0.15) is 10.5 Å². The lowest BCUT2D eigenvalue weighted by Gasteiger charge is -2.10. The molecule has 0 unspecified atom stereocenters. The first-order chi connectivity index (χ1) is 9.58. The van der Waals surface area contributed by atoms with Crippen molar-refractivity contribution in [3.05, 3.63) is 52.3 Å². The van der Waals surface area contributed by atoms with Crippen LogP contribution in [0.3, 0.4) is 0 Å².